The summed E-state index contributed by atoms with van der Waals surface area (Å²) in [6, 6.07) is 21.6. The summed E-state index contributed by atoms with van der Waals surface area (Å²) in [6.45, 7) is 22.4. The molecule has 0 spiro atoms. The van der Waals surface area contributed by atoms with Crippen LogP contribution in [0.1, 0.15) is 54.2 Å². The summed E-state index contributed by atoms with van der Waals surface area (Å²) in [6.07, 6.45) is 0. The molecule has 0 aliphatic carbocycles. The summed E-state index contributed by atoms with van der Waals surface area (Å²) < 4.78 is 0. The third kappa shape index (κ3) is 8.85. The van der Waals surface area contributed by atoms with Crippen LogP contribution < -0.4 is 24.8 Å². The van der Waals surface area contributed by atoms with Gasteiger partial charge < -0.3 is 24.8 Å². The molecule has 0 saturated carbocycles. The molecule has 2 radical (unpaired) electrons. The Morgan fingerprint density at radius 3 is 1.60 bits per heavy atom. The summed E-state index contributed by atoms with van der Waals surface area (Å²) in [4.78, 5) is 0. The van der Waals surface area contributed by atoms with E-state index in [4.69, 9.17) is 0 Å². The average molecular weight is 603 g/mol. The third-order valence-electron chi connectivity index (χ3n) is 6.35. The van der Waals surface area contributed by atoms with Crippen molar-refractivity contribution in [2.24, 2.45) is 0 Å². The van der Waals surface area contributed by atoms with Crippen molar-refractivity contribution in [2.45, 2.75) is 73.9 Å². The number of rotatable bonds is 1. The quantitative estimate of drug-likeness (QED) is 0.232. The summed E-state index contributed by atoms with van der Waals surface area (Å²) in [7, 11) is 1.08. The summed E-state index contributed by atoms with van der Waals surface area (Å²) in [5.74, 6) is 0. The Morgan fingerprint density at radius 1 is 0.714 bits per heavy atom. The van der Waals surface area contributed by atoms with Gasteiger partial charge in [0.2, 0.25) is 0 Å². The zero-order chi connectivity index (χ0) is 24.1. The molecule has 0 aliphatic rings. The van der Waals surface area contributed by atoms with Gasteiger partial charge in [0.05, 0.1) is 0 Å². The topological polar surface area (TPSA) is 0 Å². The van der Waals surface area contributed by atoms with Crippen LogP contribution in [-0.2, 0) is 31.6 Å². The molecule has 0 N–H and O–H groups in total. The van der Waals surface area contributed by atoms with E-state index in [1.54, 1.807) is 0 Å². The minimum absolute atomic E-state index is 0. The second kappa shape index (κ2) is 16.0. The molecule has 0 atom stereocenters. The molecule has 0 nitrogen and oxygen atoms in total. The molecule has 0 fully saturated rings. The van der Waals surface area contributed by atoms with Crippen LogP contribution >= 0.6 is 0 Å². The van der Waals surface area contributed by atoms with E-state index in [1.165, 1.54) is 55.3 Å². The smallest absolute Gasteiger partial charge is 1.00 e. The van der Waals surface area contributed by atoms with Crippen molar-refractivity contribution in [3.8, 4) is 11.1 Å². The fourth-order valence-electron chi connectivity index (χ4n) is 4.09. The van der Waals surface area contributed by atoms with E-state index in [-0.39, 0.29) is 56.4 Å². The molecule has 0 bridgehead atoms. The van der Waals surface area contributed by atoms with Crippen molar-refractivity contribution >= 4 is 20.3 Å². The molecule has 4 aromatic rings. The predicted molar refractivity (Wildman–Crippen MR) is 147 cm³/mol. The molecule has 0 aliphatic heterocycles. The van der Waals surface area contributed by atoms with Crippen LogP contribution in [0.2, 0.25) is 13.1 Å². The number of aryl methyl sites for hydroxylation is 3. The standard InChI is InChI=1S/C24H29.C5H5.C2H6Si.2ClH.Zr/c1-14-13-21-17(4)16(3)18(5)22(23(21)15(14)2)19-9-11-20(12-10-19)24(6,7)8;1-2-4-5-3-1;1-3-2;;;/h9-13H,1-8H3;1-5H;1-2H3;2*1H;/q2*-1;;;;+4/p-2. The van der Waals surface area contributed by atoms with Crippen LogP contribution in [0.5, 0.6) is 0 Å². The third-order valence-corrected chi connectivity index (χ3v) is 6.35. The molecule has 0 unspecified atom stereocenters. The van der Waals surface area contributed by atoms with Crippen molar-refractivity contribution in [2.75, 3.05) is 0 Å². The maximum absolute atomic E-state index is 2.36. The van der Waals surface area contributed by atoms with Crippen LogP contribution in [0.25, 0.3) is 21.9 Å². The maximum Gasteiger partial charge on any atom is 4.00 e. The van der Waals surface area contributed by atoms with E-state index >= 15 is 0 Å². The van der Waals surface area contributed by atoms with E-state index in [1.807, 2.05) is 30.3 Å². The monoisotopic (exact) mass is 600 g/mol. The van der Waals surface area contributed by atoms with E-state index in [0.29, 0.717) is 0 Å². The summed E-state index contributed by atoms with van der Waals surface area (Å²) >= 11 is 0. The molecule has 0 saturated heterocycles. The molecule has 4 heteroatoms. The van der Waals surface area contributed by atoms with Gasteiger partial charge in [-0.15, -0.1) is 28.0 Å². The van der Waals surface area contributed by atoms with Crippen molar-refractivity contribution < 1.29 is 51.0 Å². The number of fused-ring (bicyclic) bond motifs is 1. The molecule has 0 heterocycles. The van der Waals surface area contributed by atoms with Crippen LogP contribution in [0, 0.1) is 34.6 Å². The molecule has 186 valence electrons. The summed E-state index contributed by atoms with van der Waals surface area (Å²) in [5.41, 5.74) is 11.4. The molecule has 35 heavy (non-hydrogen) atoms. The Labute approximate surface area is 248 Å². The first-order valence-corrected chi connectivity index (χ1v) is 13.6. The Kier molecular flexibility index (Phi) is 16.6. The molecule has 0 amide bonds. The first kappa shape index (κ1) is 36.2. The molecule has 4 aromatic carbocycles. The first-order valence-electron chi connectivity index (χ1n) is 11.6. The number of halogens is 2. The molecule has 4 rings (SSSR count). The second-order valence-corrected chi connectivity index (χ2v) is 10.8. The molecular formula is C31H40Cl2SiZr. The van der Waals surface area contributed by atoms with Gasteiger partial charge in [-0.05, 0) is 30.4 Å². The molecule has 0 aromatic heterocycles. The van der Waals surface area contributed by atoms with Crippen LogP contribution in [0.15, 0.2) is 60.7 Å². The van der Waals surface area contributed by atoms with Crippen molar-refractivity contribution in [1.29, 1.82) is 0 Å². The maximum atomic E-state index is 2.36. The minimum atomic E-state index is 0. The van der Waals surface area contributed by atoms with Gasteiger partial charge in [-0.1, -0.05) is 95.6 Å². The van der Waals surface area contributed by atoms with Crippen molar-refractivity contribution in [3.63, 3.8) is 0 Å². The van der Waals surface area contributed by atoms with Crippen LogP contribution in [0.4, 0.5) is 0 Å². The zero-order valence-corrected chi connectivity index (χ0v) is 28.0. The number of hydrogen-bond donors (Lipinski definition) is 0. The minimum Gasteiger partial charge on any atom is -1.00 e. The van der Waals surface area contributed by atoms with Gasteiger partial charge in [0.15, 0.2) is 0 Å². The van der Waals surface area contributed by atoms with Gasteiger partial charge in [-0.2, -0.15) is 23.8 Å². The van der Waals surface area contributed by atoms with Crippen molar-refractivity contribution in [1.82, 2.24) is 0 Å². The van der Waals surface area contributed by atoms with Gasteiger partial charge in [0.1, 0.15) is 0 Å². The van der Waals surface area contributed by atoms with Crippen molar-refractivity contribution in [3.05, 3.63) is 94.0 Å². The van der Waals surface area contributed by atoms with Gasteiger partial charge in [0.25, 0.3) is 0 Å². The number of benzene rings is 2. The van der Waals surface area contributed by atoms with E-state index in [2.05, 4.69) is 98.8 Å². The van der Waals surface area contributed by atoms with Gasteiger partial charge in [-0.3, -0.25) is 0 Å². The van der Waals surface area contributed by atoms with Gasteiger partial charge >= 0.3 is 26.2 Å². The average Bonchev–Trinajstić information content (AvgIpc) is 3.41. The Bertz CT molecular complexity index is 1110. The van der Waals surface area contributed by atoms with Crippen LogP contribution in [0.3, 0.4) is 0 Å². The second-order valence-electron chi connectivity index (χ2n) is 9.78. The fourth-order valence-corrected chi connectivity index (χ4v) is 4.09. The van der Waals surface area contributed by atoms with Gasteiger partial charge in [-0.25, -0.2) is 12.1 Å². The Hall–Kier alpha value is -0.920. The summed E-state index contributed by atoms with van der Waals surface area (Å²) in [5, 5.41) is 2.86. The normalized spacial score (nSPS) is 10.0. The first-order chi connectivity index (χ1) is 15.0. The zero-order valence-electron chi connectivity index (χ0n) is 23.0. The SMILES string of the molecule is C[Si]C.Cc1[cH-]c2c(C)c(C)c(C)c(-c3ccc(C(C)(C)C)cc3)c2c1C.[Cl-].[Cl-].[Zr+4].c1cc[cH-]c1. The number of hydrogen-bond acceptors (Lipinski definition) is 0. The molecular weight excluding hydrogens is 563 g/mol. The van der Waals surface area contributed by atoms with E-state index < -0.39 is 0 Å². The Balaban J connectivity index is 0. The fraction of sp³-hybridized carbons (Fsp3) is 0.355. The predicted octanol–water partition coefficient (Wildman–Crippen LogP) is 3.26. The van der Waals surface area contributed by atoms with Crippen LogP contribution in [-0.4, -0.2) is 9.52 Å². The van der Waals surface area contributed by atoms with E-state index in [9.17, 15) is 0 Å². The van der Waals surface area contributed by atoms with Gasteiger partial charge in [0, 0.05) is 9.52 Å². The van der Waals surface area contributed by atoms with E-state index in [0.717, 1.165) is 9.52 Å². The largest absolute Gasteiger partial charge is 4.00 e. The Morgan fingerprint density at radius 2 is 1.20 bits per heavy atom.